The van der Waals surface area contributed by atoms with Gasteiger partial charge >= 0.3 is 41.8 Å². The molecule has 1 aromatic rings. The Morgan fingerprint density at radius 2 is 0.864 bits per heavy atom. The molecule has 0 heterocycles. The van der Waals surface area contributed by atoms with E-state index in [1.54, 1.807) is 26.0 Å². The summed E-state index contributed by atoms with van der Waals surface area (Å²) < 4.78 is 0. The third kappa shape index (κ3) is 41.7. The van der Waals surface area contributed by atoms with Crippen molar-refractivity contribution in [1.29, 1.82) is 0 Å². The largest absolute Gasteiger partial charge is 0.508 e. The summed E-state index contributed by atoms with van der Waals surface area (Å²) in [5.74, 6) is -5.81. The van der Waals surface area contributed by atoms with Crippen LogP contribution in [0, 0.1) is 17.8 Å². The van der Waals surface area contributed by atoms with Crippen LogP contribution in [-0.2, 0) is 40.0 Å². The highest BCUT2D eigenvalue weighted by Gasteiger charge is 2.18. The van der Waals surface area contributed by atoms with Gasteiger partial charge in [-0.1, -0.05) is 81.7 Å². The molecule has 0 saturated heterocycles. The lowest BCUT2D eigenvalue weighted by molar-refractivity contribution is -0.140. The quantitative estimate of drug-likeness (QED) is 0.0637. The molecule has 0 bridgehead atoms. The lowest BCUT2D eigenvalue weighted by atomic mass is 10.0. The first-order chi connectivity index (χ1) is 26.9. The Morgan fingerprint density at radius 3 is 1.05 bits per heavy atom. The van der Waals surface area contributed by atoms with Gasteiger partial charge in [-0.2, -0.15) is 0 Å². The zero-order chi connectivity index (χ0) is 47.7. The van der Waals surface area contributed by atoms with Gasteiger partial charge in [0.25, 0.3) is 0 Å². The molecule has 344 valence electrons. The number of nitrogens with two attached hydrogens (primary N) is 7. The van der Waals surface area contributed by atoms with Crippen molar-refractivity contribution in [1.82, 2.24) is 0 Å². The van der Waals surface area contributed by atoms with Crippen LogP contribution in [0.25, 0.3) is 0 Å². The second-order valence-electron chi connectivity index (χ2n) is 13.3. The van der Waals surface area contributed by atoms with Crippen LogP contribution in [0.2, 0.25) is 0 Å². The highest BCUT2D eigenvalue weighted by Crippen LogP contribution is 2.22. The SMILES string of the molecule is CC(C)C(N)C(=O)O.CC(C)CC(N)C(=O)O.CC(N)C(=O)O.CCC(C)C(N)C(=O)O.NC(CSSCC(N)C(=O)O)C(=O)O.NC(Cc1ccc(O)cc1)C(=O)O. The van der Waals surface area contributed by atoms with Crippen molar-refractivity contribution < 1.29 is 74.4 Å². The molecule has 59 heavy (non-hydrogen) atoms. The summed E-state index contributed by atoms with van der Waals surface area (Å²) in [6, 6.07) is 0.746. The number of carbonyl (C=O) groups is 7. The van der Waals surface area contributed by atoms with Crippen LogP contribution in [-0.4, -0.2) is 136 Å². The van der Waals surface area contributed by atoms with Gasteiger partial charge in [-0.15, -0.1) is 0 Å². The van der Waals surface area contributed by atoms with Gasteiger partial charge in [0.1, 0.15) is 48.0 Å². The van der Waals surface area contributed by atoms with Crippen molar-refractivity contribution in [2.45, 2.75) is 110 Å². The van der Waals surface area contributed by atoms with Gasteiger partial charge in [-0.25, -0.2) is 0 Å². The standard InChI is InChI=1S/C9H11NO3.C6H12N2O4S2.2C6H13NO2.C5H11NO2.C3H7NO2/c10-8(9(12)13)5-6-1-3-7(11)4-2-6;7-3(5(9)10)1-13-14-2-4(8)6(11)12;1-4(2)3-5(7)6(8)9;1-3-4(2)5(7)6(8)9;1-3(2)4(6)5(7)8;1-2(4)3(5)6/h1-4,8,11H,5,10H2,(H,12,13);3-4H,1-2,7-8H2,(H,9,10)(H,11,12);2*4-5H,3,7H2,1-2H3,(H,8,9);3-4H,6H2,1-2H3,(H,7,8);2H,4H2,1H3,(H,5,6). The summed E-state index contributed by atoms with van der Waals surface area (Å²) in [6.45, 7) is 12.6. The van der Waals surface area contributed by atoms with Crippen molar-refractivity contribution in [3.05, 3.63) is 29.8 Å². The minimum Gasteiger partial charge on any atom is -0.508 e. The normalized spacial score (nSPS) is 14.2. The maximum Gasteiger partial charge on any atom is 0.321 e. The van der Waals surface area contributed by atoms with Crippen LogP contribution in [0.3, 0.4) is 0 Å². The van der Waals surface area contributed by atoms with Crippen LogP contribution in [0.5, 0.6) is 5.75 Å². The smallest absolute Gasteiger partial charge is 0.321 e. The lowest BCUT2D eigenvalue weighted by Gasteiger charge is -2.11. The van der Waals surface area contributed by atoms with E-state index in [0.29, 0.717) is 12.3 Å². The van der Waals surface area contributed by atoms with Gasteiger partial charge in [0.15, 0.2) is 0 Å². The summed E-state index contributed by atoms with van der Waals surface area (Å²) in [6.07, 6.45) is 1.64. The molecule has 0 spiro atoms. The molecule has 24 heteroatoms. The van der Waals surface area contributed by atoms with E-state index in [2.05, 4.69) is 0 Å². The summed E-state index contributed by atoms with van der Waals surface area (Å²) in [5.41, 5.74) is 37.0. The van der Waals surface area contributed by atoms with Crippen molar-refractivity contribution in [3.63, 3.8) is 0 Å². The Labute approximate surface area is 352 Å². The molecule has 1 aromatic carbocycles. The van der Waals surface area contributed by atoms with Crippen LogP contribution in [0.15, 0.2) is 24.3 Å². The van der Waals surface area contributed by atoms with Crippen LogP contribution in [0.1, 0.15) is 66.9 Å². The Hall–Kier alpha value is -4.27. The Kier molecular flexibility index (Phi) is 39.8. The van der Waals surface area contributed by atoms with E-state index in [9.17, 15) is 33.6 Å². The Morgan fingerprint density at radius 1 is 0.525 bits per heavy atom. The van der Waals surface area contributed by atoms with Gasteiger partial charge in [0.05, 0.1) is 0 Å². The number of aromatic hydroxyl groups is 1. The molecule has 1 rings (SSSR count). The predicted octanol–water partition coefficient (Wildman–Crippen LogP) is -0.101. The molecule has 22 nitrogen and oxygen atoms in total. The van der Waals surface area contributed by atoms with E-state index in [0.717, 1.165) is 12.0 Å². The van der Waals surface area contributed by atoms with Crippen molar-refractivity contribution in [2.75, 3.05) is 11.5 Å². The van der Waals surface area contributed by atoms with Crippen molar-refractivity contribution >= 4 is 63.4 Å². The maximum atomic E-state index is 10.4. The second kappa shape index (κ2) is 36.8. The van der Waals surface area contributed by atoms with E-state index >= 15 is 0 Å². The fourth-order valence-electron chi connectivity index (χ4n) is 2.75. The van der Waals surface area contributed by atoms with Crippen LogP contribution < -0.4 is 40.1 Å². The van der Waals surface area contributed by atoms with Crippen LogP contribution in [0.4, 0.5) is 0 Å². The van der Waals surface area contributed by atoms with E-state index in [1.165, 1.54) is 40.6 Å². The lowest BCUT2D eigenvalue weighted by Crippen LogP contribution is -2.36. The predicted molar refractivity (Wildman–Crippen MR) is 225 cm³/mol. The van der Waals surface area contributed by atoms with Gasteiger partial charge in [-0.05, 0) is 55.2 Å². The molecule has 0 radical (unpaired) electrons. The summed E-state index contributed by atoms with van der Waals surface area (Å²) in [5, 5.41) is 67.1. The first kappa shape index (κ1) is 63.9. The second-order valence-corrected chi connectivity index (χ2v) is 15.9. The van der Waals surface area contributed by atoms with Crippen molar-refractivity contribution in [2.24, 2.45) is 57.9 Å². The number of aliphatic carboxylic acids is 7. The number of rotatable bonds is 19. The number of hydrogen-bond donors (Lipinski definition) is 15. The first-order valence-corrected chi connectivity index (χ1v) is 20.3. The number of hydrogen-bond acceptors (Lipinski definition) is 17. The molecule has 8 unspecified atom stereocenters. The average Bonchev–Trinajstić information content (AvgIpc) is 3.13. The highest BCUT2D eigenvalue weighted by molar-refractivity contribution is 8.76. The van der Waals surface area contributed by atoms with Crippen LogP contribution >= 0.6 is 21.6 Å². The van der Waals surface area contributed by atoms with Gasteiger partial charge < -0.3 is 81.0 Å². The molecule has 0 aliphatic heterocycles. The zero-order valence-corrected chi connectivity index (χ0v) is 36.0. The monoisotopic (exact) mass is 889 g/mol. The molecule has 0 aliphatic carbocycles. The molecule has 0 amide bonds. The maximum absolute atomic E-state index is 10.4. The average molecular weight is 890 g/mol. The number of benzene rings is 1. The third-order valence-electron chi connectivity index (χ3n) is 6.90. The minimum absolute atomic E-state index is 0.0208. The Bertz CT molecular complexity index is 1340. The van der Waals surface area contributed by atoms with Crippen molar-refractivity contribution in [3.8, 4) is 5.75 Å². The highest BCUT2D eigenvalue weighted by atomic mass is 33.1. The van der Waals surface area contributed by atoms with Gasteiger partial charge in [-0.3, -0.25) is 33.6 Å². The molecule has 0 aliphatic rings. The zero-order valence-electron chi connectivity index (χ0n) is 34.4. The number of phenolic OH excluding ortho intramolecular Hbond substituents is 1. The van der Waals surface area contributed by atoms with E-state index in [1.807, 2.05) is 27.7 Å². The van der Waals surface area contributed by atoms with Gasteiger partial charge in [0.2, 0.25) is 0 Å². The van der Waals surface area contributed by atoms with E-state index in [-0.39, 0.29) is 35.5 Å². The minimum atomic E-state index is -1.07. The van der Waals surface area contributed by atoms with Gasteiger partial charge in [0, 0.05) is 11.5 Å². The van der Waals surface area contributed by atoms with E-state index in [4.69, 9.17) is 81.0 Å². The summed E-state index contributed by atoms with van der Waals surface area (Å²) in [7, 11) is 2.41. The molecular formula is C35H67N7O15S2. The number of phenols is 1. The fourth-order valence-corrected chi connectivity index (χ4v) is 4.98. The molecule has 0 saturated carbocycles. The fraction of sp³-hybridized carbons (Fsp3) is 0.629. The number of carboxylic acid groups (broad SMARTS) is 7. The molecule has 0 fully saturated rings. The Balaban J connectivity index is -0.000000202. The summed E-state index contributed by atoms with van der Waals surface area (Å²) in [4.78, 5) is 70.8. The molecular weight excluding hydrogens is 823 g/mol. The third-order valence-corrected chi connectivity index (χ3v) is 9.37. The summed E-state index contributed by atoms with van der Waals surface area (Å²) >= 11 is 0. The molecule has 22 N–H and O–H groups in total. The molecule has 0 aromatic heterocycles. The number of carboxylic acids is 7. The van der Waals surface area contributed by atoms with E-state index < -0.39 is 84.1 Å². The molecule has 8 atom stereocenters. The first-order valence-electron chi connectivity index (χ1n) is 17.8. The topological polar surface area (TPSA) is 463 Å².